The highest BCUT2D eigenvalue weighted by molar-refractivity contribution is 5.22. The number of hydrogen-bond acceptors (Lipinski definition) is 1. The van der Waals surface area contributed by atoms with Crippen molar-refractivity contribution in [1.82, 2.24) is 5.32 Å². The topological polar surface area (TPSA) is 12.0 Å². The van der Waals surface area contributed by atoms with Gasteiger partial charge < -0.3 is 5.32 Å². The molecule has 1 heteroatoms. The zero-order chi connectivity index (χ0) is 16.5. The van der Waals surface area contributed by atoms with Gasteiger partial charge in [0.25, 0.3) is 0 Å². The fourth-order valence-electron chi connectivity index (χ4n) is 1.97. The van der Waals surface area contributed by atoms with E-state index in [2.05, 4.69) is 70.4 Å². The van der Waals surface area contributed by atoms with Crippen molar-refractivity contribution in [2.45, 2.75) is 60.4 Å². The molecule has 1 unspecified atom stereocenters. The smallest absolute Gasteiger partial charge is 0.0487 e. The first-order valence-electron chi connectivity index (χ1n) is 7.95. The number of rotatable bonds is 6. The first-order chi connectivity index (χ1) is 9.82. The summed E-state index contributed by atoms with van der Waals surface area (Å²) >= 11 is 0. The summed E-state index contributed by atoms with van der Waals surface area (Å²) in [4.78, 5) is 0. The Kier molecular flexibility index (Phi) is 8.76. The fourth-order valence-corrected chi connectivity index (χ4v) is 1.97. The molecule has 1 N–H and O–H groups in total. The van der Waals surface area contributed by atoms with E-state index in [1.807, 2.05) is 19.9 Å². The summed E-state index contributed by atoms with van der Waals surface area (Å²) in [6.07, 6.45) is 3.96. The van der Waals surface area contributed by atoms with Crippen molar-refractivity contribution < 1.29 is 0 Å². The maximum atomic E-state index is 4.13. The van der Waals surface area contributed by atoms with Crippen LogP contribution < -0.4 is 5.32 Å². The highest BCUT2D eigenvalue weighted by Crippen LogP contribution is 2.21. The second-order valence-electron chi connectivity index (χ2n) is 6.31. The lowest BCUT2D eigenvalue weighted by molar-refractivity contribution is 0.328. The van der Waals surface area contributed by atoms with Gasteiger partial charge in [-0.15, -0.1) is 6.58 Å². The molecule has 1 nitrogen and oxygen atoms in total. The number of allylic oxidation sites excluding steroid dienone is 1. The molecule has 1 aromatic rings. The van der Waals surface area contributed by atoms with Gasteiger partial charge in [0, 0.05) is 11.7 Å². The van der Waals surface area contributed by atoms with Crippen molar-refractivity contribution in [2.75, 3.05) is 0 Å². The van der Waals surface area contributed by atoms with Crippen molar-refractivity contribution in [3.05, 3.63) is 60.3 Å². The van der Waals surface area contributed by atoms with E-state index >= 15 is 0 Å². The highest BCUT2D eigenvalue weighted by Gasteiger charge is 2.21. The SMILES string of the molecule is C=CC(NC(=C)CCc1ccc(C)cc1)C(C)(C)C.CC. The zero-order valence-corrected chi connectivity index (χ0v) is 14.8. The van der Waals surface area contributed by atoms with Crippen LogP contribution in [0.3, 0.4) is 0 Å². The molecule has 0 amide bonds. The minimum Gasteiger partial charge on any atom is -0.382 e. The molecule has 0 fully saturated rings. The Morgan fingerprint density at radius 2 is 1.71 bits per heavy atom. The standard InChI is InChI=1S/C18H27N.C2H6/c1-7-17(18(4,5)6)19-15(3)10-13-16-11-8-14(2)9-12-16;1-2/h7-9,11-12,17,19H,1,3,10,13H2,2,4-6H3;1-2H3. The Morgan fingerprint density at radius 1 is 1.19 bits per heavy atom. The van der Waals surface area contributed by atoms with Crippen LogP contribution in [-0.4, -0.2) is 6.04 Å². The zero-order valence-electron chi connectivity index (χ0n) is 14.8. The van der Waals surface area contributed by atoms with Crippen LogP contribution in [0.2, 0.25) is 0 Å². The van der Waals surface area contributed by atoms with Crippen LogP contribution >= 0.6 is 0 Å². The van der Waals surface area contributed by atoms with Crippen LogP contribution in [0.25, 0.3) is 0 Å². The van der Waals surface area contributed by atoms with E-state index in [0.29, 0.717) is 0 Å². The summed E-state index contributed by atoms with van der Waals surface area (Å²) < 4.78 is 0. The van der Waals surface area contributed by atoms with Gasteiger partial charge in [0.05, 0.1) is 0 Å². The molecule has 0 saturated heterocycles. The molecule has 0 saturated carbocycles. The summed E-state index contributed by atoms with van der Waals surface area (Å²) in [7, 11) is 0. The molecule has 21 heavy (non-hydrogen) atoms. The van der Waals surface area contributed by atoms with Crippen LogP contribution in [0.15, 0.2) is 49.2 Å². The van der Waals surface area contributed by atoms with E-state index in [1.54, 1.807) is 0 Å². The summed E-state index contributed by atoms with van der Waals surface area (Å²) in [6, 6.07) is 8.97. The van der Waals surface area contributed by atoms with E-state index < -0.39 is 0 Å². The Bertz CT molecular complexity index is 420. The van der Waals surface area contributed by atoms with E-state index in [9.17, 15) is 0 Å². The molecule has 0 aliphatic rings. The Labute approximate surface area is 132 Å². The van der Waals surface area contributed by atoms with E-state index in [4.69, 9.17) is 0 Å². The minimum atomic E-state index is 0.161. The third-order valence-electron chi connectivity index (χ3n) is 3.36. The largest absolute Gasteiger partial charge is 0.382 e. The molecule has 1 rings (SSSR count). The quantitative estimate of drug-likeness (QED) is 0.666. The predicted molar refractivity (Wildman–Crippen MR) is 96.6 cm³/mol. The van der Waals surface area contributed by atoms with Gasteiger partial charge in [-0.2, -0.15) is 0 Å². The second-order valence-corrected chi connectivity index (χ2v) is 6.31. The predicted octanol–water partition coefficient (Wildman–Crippen LogP) is 5.66. The van der Waals surface area contributed by atoms with Crippen LogP contribution in [-0.2, 0) is 6.42 Å². The van der Waals surface area contributed by atoms with Crippen LogP contribution in [0.5, 0.6) is 0 Å². The lowest BCUT2D eigenvalue weighted by Crippen LogP contribution is -2.37. The Hall–Kier alpha value is -1.50. The first kappa shape index (κ1) is 19.5. The normalized spacial score (nSPS) is 11.9. The molecular formula is C20H33N. The van der Waals surface area contributed by atoms with Gasteiger partial charge in [0.1, 0.15) is 0 Å². The molecular weight excluding hydrogens is 254 g/mol. The number of nitrogens with one attached hydrogen (secondary N) is 1. The molecule has 0 radical (unpaired) electrons. The first-order valence-corrected chi connectivity index (χ1v) is 7.95. The molecule has 0 aliphatic heterocycles. The van der Waals surface area contributed by atoms with Crippen molar-refractivity contribution >= 4 is 0 Å². The molecule has 118 valence electrons. The maximum absolute atomic E-state index is 4.13. The lowest BCUT2D eigenvalue weighted by atomic mass is 9.86. The van der Waals surface area contributed by atoms with Gasteiger partial charge in [-0.3, -0.25) is 0 Å². The molecule has 0 aromatic heterocycles. The summed E-state index contributed by atoms with van der Waals surface area (Å²) in [5, 5.41) is 3.48. The molecule has 0 spiro atoms. The number of benzene rings is 1. The molecule has 0 heterocycles. The molecule has 0 aliphatic carbocycles. The van der Waals surface area contributed by atoms with Gasteiger partial charge in [0.2, 0.25) is 0 Å². The van der Waals surface area contributed by atoms with Crippen molar-refractivity contribution in [3.63, 3.8) is 0 Å². The van der Waals surface area contributed by atoms with Crippen molar-refractivity contribution in [1.29, 1.82) is 0 Å². The monoisotopic (exact) mass is 287 g/mol. The number of hydrogen-bond donors (Lipinski definition) is 1. The van der Waals surface area contributed by atoms with E-state index in [-0.39, 0.29) is 11.5 Å². The Balaban J connectivity index is 0.00000191. The summed E-state index contributed by atoms with van der Waals surface area (Å²) in [5.41, 5.74) is 3.91. The van der Waals surface area contributed by atoms with Gasteiger partial charge in [-0.05, 0) is 30.7 Å². The number of aryl methyl sites for hydroxylation is 2. The Morgan fingerprint density at radius 3 is 2.14 bits per heavy atom. The van der Waals surface area contributed by atoms with E-state index in [0.717, 1.165) is 18.5 Å². The van der Waals surface area contributed by atoms with Gasteiger partial charge in [-0.25, -0.2) is 0 Å². The van der Waals surface area contributed by atoms with Crippen molar-refractivity contribution in [3.8, 4) is 0 Å². The van der Waals surface area contributed by atoms with Crippen LogP contribution in [0, 0.1) is 12.3 Å². The second kappa shape index (κ2) is 9.44. The minimum absolute atomic E-state index is 0.161. The van der Waals surface area contributed by atoms with Crippen LogP contribution in [0.4, 0.5) is 0 Å². The molecule has 1 aromatic carbocycles. The summed E-state index contributed by atoms with van der Waals surface area (Å²) in [6.45, 7) is 20.8. The van der Waals surface area contributed by atoms with Gasteiger partial charge >= 0.3 is 0 Å². The third kappa shape index (κ3) is 7.75. The van der Waals surface area contributed by atoms with Gasteiger partial charge in [0.15, 0.2) is 0 Å². The maximum Gasteiger partial charge on any atom is 0.0487 e. The van der Waals surface area contributed by atoms with Crippen LogP contribution in [0.1, 0.15) is 52.2 Å². The van der Waals surface area contributed by atoms with E-state index in [1.165, 1.54) is 11.1 Å². The van der Waals surface area contributed by atoms with Crippen molar-refractivity contribution in [2.24, 2.45) is 5.41 Å². The van der Waals surface area contributed by atoms with Gasteiger partial charge in [-0.1, -0.05) is 77.1 Å². The molecule has 0 bridgehead atoms. The average Bonchev–Trinajstić information content (AvgIpc) is 2.45. The summed E-state index contributed by atoms with van der Waals surface area (Å²) in [5.74, 6) is 0. The molecule has 1 atom stereocenters. The third-order valence-corrected chi connectivity index (χ3v) is 3.36. The average molecular weight is 287 g/mol. The lowest BCUT2D eigenvalue weighted by Gasteiger charge is -2.30. The highest BCUT2D eigenvalue weighted by atomic mass is 14.9. The fraction of sp³-hybridized carbons (Fsp3) is 0.500.